The van der Waals surface area contributed by atoms with Crippen LogP contribution in [0.1, 0.15) is 12.2 Å². The Labute approximate surface area is 121 Å². The second kappa shape index (κ2) is 5.20. The number of carboxylic acid groups (broad SMARTS) is 1. The van der Waals surface area contributed by atoms with Crippen LogP contribution in [0.25, 0.3) is 11.3 Å². The summed E-state index contributed by atoms with van der Waals surface area (Å²) in [6.45, 7) is 0.376. The number of imidazole rings is 1. The van der Waals surface area contributed by atoms with Gasteiger partial charge in [0.05, 0.1) is 24.9 Å². The Kier molecular flexibility index (Phi) is 3.37. The highest BCUT2D eigenvalue weighted by Crippen LogP contribution is 2.33. The number of methoxy groups -OCH3 is 1. The number of hydrogen-bond donors (Lipinski definition) is 1. The van der Waals surface area contributed by atoms with Gasteiger partial charge in [-0.2, -0.15) is 0 Å². The molecule has 0 fully saturated rings. The molecule has 1 atom stereocenters. The second-order valence-corrected chi connectivity index (χ2v) is 5.09. The van der Waals surface area contributed by atoms with Gasteiger partial charge in [-0.15, -0.1) is 0 Å². The maximum atomic E-state index is 13.3. The van der Waals surface area contributed by atoms with Crippen molar-refractivity contribution in [2.45, 2.75) is 19.4 Å². The molecule has 0 radical (unpaired) electrons. The summed E-state index contributed by atoms with van der Waals surface area (Å²) in [5.74, 6) is -0.329. The lowest BCUT2D eigenvalue weighted by Crippen LogP contribution is -2.27. The first-order chi connectivity index (χ1) is 10.1. The van der Waals surface area contributed by atoms with E-state index in [1.54, 1.807) is 12.3 Å². The van der Waals surface area contributed by atoms with Crippen LogP contribution >= 0.6 is 0 Å². The van der Waals surface area contributed by atoms with E-state index < -0.39 is 11.9 Å². The van der Waals surface area contributed by atoms with E-state index in [1.165, 1.54) is 19.2 Å². The molecule has 2 aromatic rings. The molecule has 1 N–H and O–H groups in total. The van der Waals surface area contributed by atoms with E-state index in [0.717, 1.165) is 11.5 Å². The predicted molar refractivity (Wildman–Crippen MR) is 73.6 cm³/mol. The number of rotatable bonds is 3. The van der Waals surface area contributed by atoms with E-state index in [-0.39, 0.29) is 5.82 Å². The van der Waals surface area contributed by atoms with Gasteiger partial charge in [0.2, 0.25) is 0 Å². The summed E-state index contributed by atoms with van der Waals surface area (Å²) in [5.41, 5.74) is 1.47. The van der Waals surface area contributed by atoms with Gasteiger partial charge in [-0.3, -0.25) is 4.79 Å². The largest absolute Gasteiger partial charge is 0.496 e. The first-order valence-electron chi connectivity index (χ1n) is 6.71. The molecular formula is C15H15FN2O3. The van der Waals surface area contributed by atoms with E-state index in [1.807, 2.05) is 4.57 Å². The van der Waals surface area contributed by atoms with Crippen molar-refractivity contribution in [1.82, 2.24) is 9.55 Å². The lowest BCUT2D eigenvalue weighted by atomic mass is 9.99. The van der Waals surface area contributed by atoms with E-state index >= 15 is 0 Å². The molecule has 2 heterocycles. The van der Waals surface area contributed by atoms with Crippen LogP contribution in [0.4, 0.5) is 4.39 Å². The SMILES string of the molecule is COc1cc(F)ccc1-c1cnc2n1CC(C(=O)O)CC2. The van der Waals surface area contributed by atoms with Crippen LogP contribution in [0.15, 0.2) is 24.4 Å². The standard InChI is InChI=1S/C15H15FN2O3/c1-21-13-6-10(16)3-4-11(13)12-7-17-14-5-2-9(15(19)20)8-18(12)14/h3-4,6-7,9H,2,5,8H2,1H3,(H,19,20). The summed E-state index contributed by atoms with van der Waals surface area (Å²) in [7, 11) is 1.48. The Morgan fingerprint density at radius 3 is 3.05 bits per heavy atom. The third kappa shape index (κ3) is 2.37. The van der Waals surface area contributed by atoms with Gasteiger partial charge < -0.3 is 14.4 Å². The quantitative estimate of drug-likeness (QED) is 0.942. The molecule has 21 heavy (non-hydrogen) atoms. The lowest BCUT2D eigenvalue weighted by Gasteiger charge is -2.22. The van der Waals surface area contributed by atoms with Gasteiger partial charge in [0.15, 0.2) is 0 Å². The number of benzene rings is 1. The van der Waals surface area contributed by atoms with Crippen LogP contribution in [0.5, 0.6) is 5.75 Å². The summed E-state index contributed by atoms with van der Waals surface area (Å²) in [6, 6.07) is 4.30. The van der Waals surface area contributed by atoms with Gasteiger partial charge >= 0.3 is 5.97 Å². The monoisotopic (exact) mass is 290 g/mol. The van der Waals surface area contributed by atoms with E-state index in [2.05, 4.69) is 4.98 Å². The van der Waals surface area contributed by atoms with Crippen LogP contribution < -0.4 is 4.74 Å². The number of hydrogen-bond acceptors (Lipinski definition) is 3. The molecule has 0 saturated heterocycles. The molecule has 0 bridgehead atoms. The third-order valence-corrected chi connectivity index (χ3v) is 3.85. The fraction of sp³-hybridized carbons (Fsp3) is 0.333. The molecule has 6 heteroatoms. The molecular weight excluding hydrogens is 275 g/mol. The highest BCUT2D eigenvalue weighted by Gasteiger charge is 2.27. The minimum atomic E-state index is -0.800. The van der Waals surface area contributed by atoms with Crippen LogP contribution in [-0.2, 0) is 17.8 Å². The van der Waals surface area contributed by atoms with Crippen LogP contribution in [0, 0.1) is 11.7 Å². The van der Waals surface area contributed by atoms with Crippen LogP contribution in [-0.4, -0.2) is 27.7 Å². The minimum absolute atomic E-state index is 0.376. The van der Waals surface area contributed by atoms with Gasteiger partial charge in [-0.05, 0) is 18.6 Å². The van der Waals surface area contributed by atoms with Gasteiger partial charge in [0.25, 0.3) is 0 Å². The number of ether oxygens (including phenoxy) is 1. The van der Waals surface area contributed by atoms with Crippen molar-refractivity contribution in [3.63, 3.8) is 0 Å². The molecule has 1 aliphatic heterocycles. The van der Waals surface area contributed by atoms with Crippen LogP contribution in [0.2, 0.25) is 0 Å². The Morgan fingerprint density at radius 2 is 2.33 bits per heavy atom. The van der Waals surface area contributed by atoms with Gasteiger partial charge in [0, 0.05) is 24.6 Å². The molecule has 0 saturated carbocycles. The molecule has 0 spiro atoms. The predicted octanol–water partition coefficient (Wildman–Crippen LogP) is 2.34. The number of carboxylic acids is 1. The summed E-state index contributed by atoms with van der Waals surface area (Å²) < 4.78 is 20.4. The average molecular weight is 290 g/mol. The Bertz CT molecular complexity index is 696. The van der Waals surface area contributed by atoms with Crippen molar-refractivity contribution in [3.8, 4) is 17.0 Å². The normalized spacial score (nSPS) is 17.3. The van der Waals surface area contributed by atoms with Crippen LogP contribution in [0.3, 0.4) is 0 Å². The number of fused-ring (bicyclic) bond motifs is 1. The Balaban J connectivity index is 2.06. The summed E-state index contributed by atoms with van der Waals surface area (Å²) in [5, 5.41) is 9.19. The molecule has 1 unspecified atom stereocenters. The number of halogens is 1. The molecule has 110 valence electrons. The Morgan fingerprint density at radius 1 is 1.52 bits per heavy atom. The van der Waals surface area contributed by atoms with Crippen molar-refractivity contribution in [2.24, 2.45) is 5.92 Å². The van der Waals surface area contributed by atoms with E-state index in [4.69, 9.17) is 4.74 Å². The van der Waals surface area contributed by atoms with E-state index in [0.29, 0.717) is 30.7 Å². The second-order valence-electron chi connectivity index (χ2n) is 5.09. The van der Waals surface area contributed by atoms with E-state index in [9.17, 15) is 14.3 Å². The minimum Gasteiger partial charge on any atom is -0.496 e. The van der Waals surface area contributed by atoms with Crippen molar-refractivity contribution >= 4 is 5.97 Å². The molecule has 0 aliphatic carbocycles. The summed E-state index contributed by atoms with van der Waals surface area (Å²) >= 11 is 0. The zero-order valence-corrected chi connectivity index (χ0v) is 11.5. The summed E-state index contributed by atoms with van der Waals surface area (Å²) in [6.07, 6.45) is 2.90. The smallest absolute Gasteiger partial charge is 0.308 e. The maximum absolute atomic E-state index is 13.3. The average Bonchev–Trinajstić information content (AvgIpc) is 2.89. The number of carbonyl (C=O) groups is 1. The number of nitrogens with zero attached hydrogens (tertiary/aromatic N) is 2. The fourth-order valence-electron chi connectivity index (χ4n) is 2.73. The molecule has 1 aromatic heterocycles. The highest BCUT2D eigenvalue weighted by atomic mass is 19.1. The molecule has 5 nitrogen and oxygen atoms in total. The van der Waals surface area contributed by atoms with Gasteiger partial charge in [-0.1, -0.05) is 0 Å². The first kappa shape index (κ1) is 13.6. The number of aryl methyl sites for hydroxylation is 1. The molecule has 3 rings (SSSR count). The number of aromatic nitrogens is 2. The van der Waals surface area contributed by atoms with Crippen molar-refractivity contribution < 1.29 is 19.0 Å². The third-order valence-electron chi connectivity index (χ3n) is 3.85. The number of aliphatic carboxylic acids is 1. The Hall–Kier alpha value is -2.37. The fourth-order valence-corrected chi connectivity index (χ4v) is 2.73. The molecule has 0 amide bonds. The van der Waals surface area contributed by atoms with Gasteiger partial charge in [0.1, 0.15) is 17.4 Å². The highest BCUT2D eigenvalue weighted by molar-refractivity contribution is 5.71. The maximum Gasteiger partial charge on any atom is 0.308 e. The zero-order chi connectivity index (χ0) is 15.0. The molecule has 1 aliphatic rings. The lowest BCUT2D eigenvalue weighted by molar-refractivity contribution is -0.142. The van der Waals surface area contributed by atoms with Crippen molar-refractivity contribution in [1.29, 1.82) is 0 Å². The topological polar surface area (TPSA) is 64.4 Å². The van der Waals surface area contributed by atoms with Crippen molar-refractivity contribution in [3.05, 3.63) is 36.0 Å². The molecule has 1 aromatic carbocycles. The summed E-state index contributed by atoms with van der Waals surface area (Å²) in [4.78, 5) is 15.5. The van der Waals surface area contributed by atoms with Gasteiger partial charge in [-0.25, -0.2) is 9.37 Å². The van der Waals surface area contributed by atoms with Crippen molar-refractivity contribution in [2.75, 3.05) is 7.11 Å². The first-order valence-corrected chi connectivity index (χ1v) is 6.71. The zero-order valence-electron chi connectivity index (χ0n) is 11.5.